The number of halogens is 3. The Kier molecular flexibility index (Phi) is 5.77. The van der Waals surface area contributed by atoms with Gasteiger partial charge in [-0.05, 0) is 0 Å². The minimum absolute atomic E-state index is 0.0427. The van der Waals surface area contributed by atoms with Crippen molar-refractivity contribution >= 4 is 19.7 Å². The van der Waals surface area contributed by atoms with Gasteiger partial charge < -0.3 is 9.47 Å². The van der Waals surface area contributed by atoms with Crippen LogP contribution < -0.4 is 4.74 Å². The Labute approximate surface area is 108 Å². The Morgan fingerprint density at radius 2 is 1.67 bits per heavy atom. The predicted octanol–water partition coefficient (Wildman–Crippen LogP) is 1.93. The van der Waals surface area contributed by atoms with Gasteiger partial charge in [-0.3, -0.25) is 0 Å². The molecule has 0 aliphatic carbocycles. The van der Waals surface area contributed by atoms with E-state index in [1.54, 1.807) is 0 Å². The van der Waals surface area contributed by atoms with Gasteiger partial charge in [-0.15, -0.1) is 0 Å². The first-order chi connectivity index (χ1) is 8.37. The SMILES string of the molecule is O=S(=O)(Cl)CCOCCOc1cc(F)cc(F)c1. The molecule has 0 fully saturated rings. The van der Waals surface area contributed by atoms with Crippen LogP contribution in [0.25, 0.3) is 0 Å². The Bertz CT molecular complexity index is 472. The molecule has 0 unspecified atom stereocenters. The van der Waals surface area contributed by atoms with Gasteiger partial charge in [0.15, 0.2) is 0 Å². The molecule has 0 amide bonds. The third-order valence-electron chi connectivity index (χ3n) is 1.80. The highest BCUT2D eigenvalue weighted by Gasteiger charge is 2.04. The van der Waals surface area contributed by atoms with Crippen LogP contribution in [0.1, 0.15) is 0 Å². The van der Waals surface area contributed by atoms with E-state index in [1.165, 1.54) is 0 Å². The second-order valence-electron chi connectivity index (χ2n) is 3.31. The molecule has 0 N–H and O–H groups in total. The van der Waals surface area contributed by atoms with Crippen molar-refractivity contribution < 1.29 is 26.7 Å². The first kappa shape index (κ1) is 15.1. The van der Waals surface area contributed by atoms with E-state index in [4.69, 9.17) is 20.2 Å². The van der Waals surface area contributed by atoms with Gasteiger partial charge in [0, 0.05) is 28.9 Å². The summed E-state index contributed by atoms with van der Waals surface area (Å²) >= 11 is 0. The number of hydrogen-bond acceptors (Lipinski definition) is 4. The van der Waals surface area contributed by atoms with Crippen molar-refractivity contribution in [3.63, 3.8) is 0 Å². The average molecular weight is 301 g/mol. The van der Waals surface area contributed by atoms with Gasteiger partial charge in [-0.25, -0.2) is 17.2 Å². The maximum absolute atomic E-state index is 12.8. The van der Waals surface area contributed by atoms with Gasteiger partial charge in [-0.2, -0.15) is 0 Å². The molecule has 0 saturated carbocycles. The van der Waals surface area contributed by atoms with Crippen LogP contribution in [0.15, 0.2) is 18.2 Å². The largest absolute Gasteiger partial charge is 0.491 e. The van der Waals surface area contributed by atoms with Gasteiger partial charge in [0.1, 0.15) is 24.0 Å². The Hall–Kier alpha value is -0.920. The van der Waals surface area contributed by atoms with E-state index in [0.717, 1.165) is 18.2 Å². The van der Waals surface area contributed by atoms with Gasteiger partial charge >= 0.3 is 0 Å². The first-order valence-electron chi connectivity index (χ1n) is 4.96. The lowest BCUT2D eigenvalue weighted by Gasteiger charge is -2.06. The summed E-state index contributed by atoms with van der Waals surface area (Å²) in [5.74, 6) is -1.73. The molecule has 0 bridgehead atoms. The summed E-state index contributed by atoms with van der Waals surface area (Å²) in [6.45, 7) is 0.0719. The van der Waals surface area contributed by atoms with Crippen LogP contribution >= 0.6 is 10.7 Å². The van der Waals surface area contributed by atoms with E-state index < -0.39 is 20.7 Å². The molecule has 102 valence electrons. The molecular formula is C10H11ClF2O4S. The normalized spacial score (nSPS) is 11.5. The topological polar surface area (TPSA) is 52.6 Å². The smallest absolute Gasteiger partial charge is 0.234 e. The lowest BCUT2D eigenvalue weighted by molar-refractivity contribution is 0.111. The zero-order valence-electron chi connectivity index (χ0n) is 9.24. The van der Waals surface area contributed by atoms with E-state index in [2.05, 4.69) is 0 Å². The Morgan fingerprint density at radius 3 is 2.22 bits per heavy atom. The highest BCUT2D eigenvalue weighted by molar-refractivity contribution is 8.13. The Balaban J connectivity index is 2.22. The molecule has 0 radical (unpaired) electrons. The molecule has 0 aliphatic rings. The molecule has 0 atom stereocenters. The van der Waals surface area contributed by atoms with Crippen LogP contribution in [0.2, 0.25) is 0 Å². The summed E-state index contributed by atoms with van der Waals surface area (Å²) in [7, 11) is 1.39. The zero-order chi connectivity index (χ0) is 13.6. The third-order valence-corrected chi connectivity index (χ3v) is 2.92. The number of hydrogen-bond donors (Lipinski definition) is 0. The fraction of sp³-hybridized carbons (Fsp3) is 0.400. The van der Waals surface area contributed by atoms with Crippen molar-refractivity contribution in [3.8, 4) is 5.75 Å². The van der Waals surface area contributed by atoms with Crippen LogP contribution in [-0.4, -0.2) is 34.0 Å². The monoisotopic (exact) mass is 300 g/mol. The number of ether oxygens (including phenoxy) is 2. The van der Waals surface area contributed by atoms with Gasteiger partial charge in [0.05, 0.1) is 19.0 Å². The Morgan fingerprint density at radius 1 is 1.06 bits per heavy atom. The molecule has 8 heteroatoms. The number of benzene rings is 1. The number of rotatable bonds is 7. The van der Waals surface area contributed by atoms with Crippen LogP contribution in [0.4, 0.5) is 8.78 Å². The van der Waals surface area contributed by atoms with E-state index >= 15 is 0 Å². The molecule has 0 aromatic heterocycles. The maximum Gasteiger partial charge on any atom is 0.234 e. The van der Waals surface area contributed by atoms with Crippen LogP contribution in [0, 0.1) is 11.6 Å². The minimum atomic E-state index is -3.57. The molecule has 1 rings (SSSR count). The summed E-state index contributed by atoms with van der Waals surface area (Å²) in [6.07, 6.45) is 0. The molecule has 1 aromatic rings. The molecule has 0 saturated heterocycles. The molecule has 1 aromatic carbocycles. The lowest BCUT2D eigenvalue weighted by Crippen LogP contribution is -2.12. The van der Waals surface area contributed by atoms with E-state index in [0.29, 0.717) is 0 Å². The van der Waals surface area contributed by atoms with Crippen molar-refractivity contribution in [2.24, 2.45) is 0 Å². The molecule has 0 aliphatic heterocycles. The van der Waals surface area contributed by atoms with E-state index in [-0.39, 0.29) is 31.3 Å². The molecule has 0 heterocycles. The first-order valence-corrected chi connectivity index (χ1v) is 7.43. The summed E-state index contributed by atoms with van der Waals surface area (Å²) in [4.78, 5) is 0. The molecule has 0 spiro atoms. The van der Waals surface area contributed by atoms with Crippen molar-refractivity contribution in [1.29, 1.82) is 0 Å². The van der Waals surface area contributed by atoms with Gasteiger partial charge in [0.2, 0.25) is 9.05 Å². The standard InChI is InChI=1S/C10H11ClF2O4S/c11-18(14,15)4-3-16-1-2-17-10-6-8(12)5-9(13)7-10/h5-7H,1-4H2. The lowest BCUT2D eigenvalue weighted by atomic mass is 10.3. The van der Waals surface area contributed by atoms with Crippen molar-refractivity contribution in [3.05, 3.63) is 29.8 Å². The fourth-order valence-electron chi connectivity index (χ4n) is 1.09. The minimum Gasteiger partial charge on any atom is -0.491 e. The van der Waals surface area contributed by atoms with Crippen LogP contribution in [0.3, 0.4) is 0 Å². The predicted molar refractivity (Wildman–Crippen MR) is 62.3 cm³/mol. The maximum atomic E-state index is 12.8. The zero-order valence-corrected chi connectivity index (χ0v) is 10.8. The molecular weight excluding hydrogens is 290 g/mol. The third kappa shape index (κ3) is 6.73. The van der Waals surface area contributed by atoms with E-state index in [9.17, 15) is 17.2 Å². The average Bonchev–Trinajstić information content (AvgIpc) is 2.20. The van der Waals surface area contributed by atoms with E-state index in [1.807, 2.05) is 0 Å². The molecule has 18 heavy (non-hydrogen) atoms. The second kappa shape index (κ2) is 6.86. The summed E-state index contributed by atoms with van der Waals surface area (Å²) in [5, 5.41) is 0. The summed E-state index contributed by atoms with van der Waals surface area (Å²) in [5.41, 5.74) is 0. The van der Waals surface area contributed by atoms with Crippen molar-refractivity contribution in [2.45, 2.75) is 0 Å². The summed E-state index contributed by atoms with van der Waals surface area (Å²) in [6, 6.07) is 2.80. The van der Waals surface area contributed by atoms with Crippen LogP contribution in [0.5, 0.6) is 5.75 Å². The van der Waals surface area contributed by atoms with Gasteiger partial charge in [0.25, 0.3) is 0 Å². The highest BCUT2D eigenvalue weighted by Crippen LogP contribution is 2.14. The van der Waals surface area contributed by atoms with Crippen molar-refractivity contribution in [1.82, 2.24) is 0 Å². The second-order valence-corrected chi connectivity index (χ2v) is 6.21. The molecule has 4 nitrogen and oxygen atoms in total. The van der Waals surface area contributed by atoms with Crippen LogP contribution in [-0.2, 0) is 13.8 Å². The fourth-order valence-corrected chi connectivity index (χ4v) is 1.60. The summed E-state index contributed by atoms with van der Waals surface area (Å²) < 4.78 is 56.5. The van der Waals surface area contributed by atoms with Gasteiger partial charge in [-0.1, -0.05) is 0 Å². The quantitative estimate of drug-likeness (QED) is 0.570. The van der Waals surface area contributed by atoms with Crippen molar-refractivity contribution in [2.75, 3.05) is 25.6 Å². The highest BCUT2D eigenvalue weighted by atomic mass is 35.7.